The zero-order valence-electron chi connectivity index (χ0n) is 18.7. The summed E-state index contributed by atoms with van der Waals surface area (Å²) in [6, 6.07) is 27.0. The molecule has 5 heteroatoms. The Morgan fingerprint density at radius 3 is 1.27 bits per heavy atom. The molecule has 0 saturated carbocycles. The van der Waals surface area contributed by atoms with E-state index >= 15 is 0 Å². The van der Waals surface area contributed by atoms with Crippen LogP contribution < -0.4 is 26.1 Å². The second kappa shape index (κ2) is 10.9. The van der Waals surface area contributed by atoms with Crippen LogP contribution in [0.4, 0.5) is 0 Å². The minimum absolute atomic E-state index is 0. The molecule has 0 radical (unpaired) electrons. The minimum Gasteiger partial charge on any atom is -1.00 e. The third-order valence-corrected chi connectivity index (χ3v) is 5.71. The molecule has 0 aliphatic rings. The number of halogens is 1. The van der Waals surface area contributed by atoms with Gasteiger partial charge in [-0.2, -0.15) is 9.13 Å². The fraction of sp³-hybridized carbons (Fsp3) is 0.143. The summed E-state index contributed by atoms with van der Waals surface area (Å²) in [5.41, 5.74) is 5.49. The number of nitrogens with zero attached hydrogens (tertiary/aromatic N) is 2. The van der Waals surface area contributed by atoms with Crippen molar-refractivity contribution in [1.82, 2.24) is 0 Å². The highest BCUT2D eigenvalue weighted by molar-refractivity contribution is 5.96. The Bertz CT molecular complexity index is 1160. The van der Waals surface area contributed by atoms with Gasteiger partial charge in [0.15, 0.2) is 23.8 Å². The molecule has 0 unspecified atom stereocenters. The number of carbonyl (C=O) groups excluding carboxylic acids is 2. The minimum atomic E-state index is 0. The van der Waals surface area contributed by atoms with Crippen molar-refractivity contribution in [3.8, 4) is 11.1 Å². The van der Waals surface area contributed by atoms with Gasteiger partial charge in [-0.25, -0.2) is 0 Å². The van der Waals surface area contributed by atoms with Gasteiger partial charge in [0, 0.05) is 49.2 Å². The third kappa shape index (κ3) is 5.88. The van der Waals surface area contributed by atoms with Crippen molar-refractivity contribution in [2.24, 2.45) is 0 Å². The third-order valence-electron chi connectivity index (χ3n) is 5.71. The molecule has 0 atom stereocenters. The number of rotatable bonds is 7. The van der Waals surface area contributed by atoms with Crippen molar-refractivity contribution < 1.29 is 35.7 Å². The van der Waals surface area contributed by atoms with Crippen LogP contribution in [0.3, 0.4) is 0 Å². The molecule has 166 valence electrons. The Kier molecular flexibility index (Phi) is 8.01. The molecule has 4 aromatic rings. The van der Waals surface area contributed by atoms with Crippen molar-refractivity contribution in [2.75, 3.05) is 0 Å². The van der Waals surface area contributed by atoms with E-state index in [1.54, 1.807) is 0 Å². The Balaban J connectivity index is 0.00000306. The molecule has 0 spiro atoms. The van der Waals surface area contributed by atoms with Gasteiger partial charge in [-0.05, 0) is 11.1 Å². The maximum absolute atomic E-state index is 12.6. The van der Waals surface area contributed by atoms with Crippen LogP contribution in [0, 0.1) is 13.8 Å². The van der Waals surface area contributed by atoms with Gasteiger partial charge in [-0.3, -0.25) is 9.59 Å². The normalized spacial score (nSPS) is 10.4. The molecular weight excluding hydrogens is 476 g/mol. The highest BCUT2D eigenvalue weighted by Gasteiger charge is 2.15. The summed E-state index contributed by atoms with van der Waals surface area (Å²) in [6.07, 6.45) is 3.84. The number of pyridine rings is 2. The summed E-state index contributed by atoms with van der Waals surface area (Å²) in [6.45, 7) is 4.62. The fourth-order valence-corrected chi connectivity index (χ4v) is 3.67. The summed E-state index contributed by atoms with van der Waals surface area (Å²) >= 11 is 0. The van der Waals surface area contributed by atoms with E-state index in [2.05, 4.69) is 0 Å². The maximum Gasteiger partial charge on any atom is 0.227 e. The van der Waals surface area contributed by atoms with Gasteiger partial charge in [-0.15, -0.1) is 0 Å². The Hall–Kier alpha value is -3.44. The van der Waals surface area contributed by atoms with E-state index in [9.17, 15) is 9.59 Å². The second-order valence-electron chi connectivity index (χ2n) is 7.94. The lowest BCUT2D eigenvalue weighted by Crippen LogP contribution is -3.00. The largest absolute Gasteiger partial charge is 1.00 e. The number of benzene rings is 2. The summed E-state index contributed by atoms with van der Waals surface area (Å²) in [5, 5.41) is 0. The molecule has 0 bridgehead atoms. The van der Waals surface area contributed by atoms with Gasteiger partial charge in [0.2, 0.25) is 24.7 Å². The van der Waals surface area contributed by atoms with Gasteiger partial charge >= 0.3 is 0 Å². The molecule has 0 amide bonds. The standard InChI is InChI=1S/C28H26N2O2.BrH/c1-21-7-3-5-17-29(21)19-27(31)25-13-9-23(10-14-25)24-11-15-26(16-12-24)28(32)20-30-18-6-4-8-22(30)2;/h3-18H,19-20H2,1-2H3;1H/q+2;/p-1. The van der Waals surface area contributed by atoms with E-state index in [4.69, 9.17) is 0 Å². The van der Waals surface area contributed by atoms with Crippen LogP contribution in [0.2, 0.25) is 0 Å². The van der Waals surface area contributed by atoms with Gasteiger partial charge in [0.25, 0.3) is 0 Å². The molecule has 2 heterocycles. The first kappa shape index (κ1) is 24.2. The van der Waals surface area contributed by atoms with E-state index in [0.29, 0.717) is 24.2 Å². The number of aryl methyl sites for hydroxylation is 2. The second-order valence-corrected chi connectivity index (χ2v) is 7.94. The van der Waals surface area contributed by atoms with E-state index in [0.717, 1.165) is 22.5 Å². The van der Waals surface area contributed by atoms with Crippen LogP contribution in [0.5, 0.6) is 0 Å². The lowest BCUT2D eigenvalue weighted by molar-refractivity contribution is -0.689. The summed E-state index contributed by atoms with van der Waals surface area (Å²) < 4.78 is 3.89. The molecule has 4 nitrogen and oxygen atoms in total. The molecule has 33 heavy (non-hydrogen) atoms. The maximum atomic E-state index is 12.6. The van der Waals surface area contributed by atoms with Crippen LogP contribution in [0.15, 0.2) is 97.3 Å². The predicted octanol–water partition coefficient (Wildman–Crippen LogP) is 1.32. The van der Waals surface area contributed by atoms with Crippen LogP contribution in [0.25, 0.3) is 11.1 Å². The number of ketones is 2. The zero-order chi connectivity index (χ0) is 22.5. The SMILES string of the molecule is Cc1cccc[n+]1CC(=O)c1ccc(-c2ccc(C(=O)C[n+]3ccccc3C)cc2)cc1.[Br-]. The van der Waals surface area contributed by atoms with Crippen molar-refractivity contribution >= 4 is 11.6 Å². The molecule has 0 fully saturated rings. The van der Waals surface area contributed by atoms with Gasteiger partial charge < -0.3 is 17.0 Å². The van der Waals surface area contributed by atoms with E-state index < -0.39 is 0 Å². The molecule has 0 N–H and O–H groups in total. The molecule has 0 aliphatic heterocycles. The lowest BCUT2D eigenvalue weighted by Gasteiger charge is -2.06. The van der Waals surface area contributed by atoms with Crippen molar-refractivity contribution in [3.63, 3.8) is 0 Å². The van der Waals surface area contributed by atoms with Crippen molar-refractivity contribution in [1.29, 1.82) is 0 Å². The molecule has 4 rings (SSSR count). The average molecular weight is 502 g/mol. The van der Waals surface area contributed by atoms with Gasteiger partial charge in [0.1, 0.15) is 0 Å². The van der Waals surface area contributed by atoms with E-state index in [-0.39, 0.29) is 28.5 Å². The smallest absolute Gasteiger partial charge is 0.227 e. The first-order valence-corrected chi connectivity index (χ1v) is 10.7. The monoisotopic (exact) mass is 501 g/mol. The van der Waals surface area contributed by atoms with Crippen LogP contribution in [-0.4, -0.2) is 11.6 Å². The van der Waals surface area contributed by atoms with Crippen LogP contribution >= 0.6 is 0 Å². The Labute approximate surface area is 204 Å². The van der Waals surface area contributed by atoms with Gasteiger partial charge in [-0.1, -0.05) is 60.7 Å². The van der Waals surface area contributed by atoms with E-state index in [1.807, 2.05) is 120 Å². The van der Waals surface area contributed by atoms with Crippen molar-refractivity contribution in [3.05, 3.63) is 120 Å². The number of hydrogen-bond acceptors (Lipinski definition) is 2. The van der Waals surface area contributed by atoms with Crippen LogP contribution in [0.1, 0.15) is 32.1 Å². The average Bonchev–Trinajstić information content (AvgIpc) is 2.82. The summed E-state index contributed by atoms with van der Waals surface area (Å²) in [5.74, 6) is 0.149. The first-order chi connectivity index (χ1) is 15.5. The molecular formula is C28H26BrN2O2+. The summed E-state index contributed by atoms with van der Waals surface area (Å²) in [4.78, 5) is 25.3. The number of aromatic nitrogens is 2. The number of carbonyl (C=O) groups is 2. The Morgan fingerprint density at radius 2 is 0.939 bits per heavy atom. The lowest BCUT2D eigenvalue weighted by atomic mass is 10.00. The Morgan fingerprint density at radius 1 is 0.576 bits per heavy atom. The first-order valence-electron chi connectivity index (χ1n) is 10.7. The molecule has 0 saturated heterocycles. The number of hydrogen-bond donors (Lipinski definition) is 0. The van der Waals surface area contributed by atoms with E-state index in [1.165, 1.54) is 0 Å². The van der Waals surface area contributed by atoms with Crippen molar-refractivity contribution in [2.45, 2.75) is 26.9 Å². The molecule has 0 aliphatic carbocycles. The highest BCUT2D eigenvalue weighted by atomic mass is 79.9. The molecule has 2 aromatic heterocycles. The van der Waals surface area contributed by atoms with Crippen LogP contribution in [-0.2, 0) is 13.1 Å². The quantitative estimate of drug-likeness (QED) is 0.283. The molecule has 2 aromatic carbocycles. The zero-order valence-corrected chi connectivity index (χ0v) is 20.3. The predicted molar refractivity (Wildman–Crippen MR) is 123 cm³/mol. The van der Waals surface area contributed by atoms with Gasteiger partial charge in [0.05, 0.1) is 0 Å². The summed E-state index contributed by atoms with van der Waals surface area (Å²) in [7, 11) is 0. The number of Topliss-reactive ketones (excluding diaryl/α,β-unsaturated/α-hetero) is 2. The fourth-order valence-electron chi connectivity index (χ4n) is 3.67. The topological polar surface area (TPSA) is 41.9 Å². The highest BCUT2D eigenvalue weighted by Crippen LogP contribution is 2.21.